The second-order valence-electron chi connectivity index (χ2n) is 10.3. The van der Waals surface area contributed by atoms with Crippen LogP contribution in [-0.4, -0.2) is 63.7 Å². The molecule has 2 aromatic rings. The molecule has 2 aliphatic heterocycles. The van der Waals surface area contributed by atoms with E-state index >= 15 is 4.39 Å². The third-order valence-electron chi connectivity index (χ3n) is 6.92. The minimum atomic E-state index is -4.39. The monoisotopic (exact) mass is 528 g/mol. The summed E-state index contributed by atoms with van der Waals surface area (Å²) in [6, 6.07) is 5.21. The van der Waals surface area contributed by atoms with Gasteiger partial charge < -0.3 is 14.5 Å². The first-order valence-corrected chi connectivity index (χ1v) is 13.4. The van der Waals surface area contributed by atoms with E-state index in [-0.39, 0.29) is 22.0 Å². The minimum Gasteiger partial charge on any atom is -0.374 e. The van der Waals surface area contributed by atoms with Gasteiger partial charge in [0.25, 0.3) is 10.0 Å². The van der Waals surface area contributed by atoms with Gasteiger partial charge in [0.15, 0.2) is 5.82 Å². The van der Waals surface area contributed by atoms with Gasteiger partial charge in [-0.3, -0.25) is 4.72 Å². The molecule has 0 spiro atoms. The van der Waals surface area contributed by atoms with Crippen LogP contribution in [0.3, 0.4) is 0 Å². The lowest BCUT2D eigenvalue weighted by atomic mass is 9.88. The van der Waals surface area contributed by atoms with E-state index in [1.54, 1.807) is 13.2 Å². The molecule has 192 valence electrons. The summed E-state index contributed by atoms with van der Waals surface area (Å²) >= 11 is 6.33. The summed E-state index contributed by atoms with van der Waals surface area (Å²) in [6.45, 7) is 10.1. The van der Waals surface area contributed by atoms with Crippen LogP contribution in [0.25, 0.3) is 0 Å². The number of aromatic nitrogens is 1. The number of ether oxygens (including phenoxy) is 1. The number of aryl methyl sites for hydroxylation is 1. The van der Waals surface area contributed by atoms with Crippen molar-refractivity contribution in [3.8, 4) is 0 Å². The fourth-order valence-corrected chi connectivity index (χ4v) is 6.56. The van der Waals surface area contributed by atoms with E-state index in [0.717, 1.165) is 32.1 Å². The van der Waals surface area contributed by atoms with Crippen molar-refractivity contribution in [3.63, 3.8) is 0 Å². The molecule has 11 heteroatoms. The summed E-state index contributed by atoms with van der Waals surface area (Å²) in [7, 11) is -2.71. The highest BCUT2D eigenvalue weighted by Crippen LogP contribution is 2.41. The van der Waals surface area contributed by atoms with Crippen molar-refractivity contribution in [3.05, 3.63) is 46.6 Å². The highest BCUT2D eigenvalue weighted by molar-refractivity contribution is 7.92. The number of benzene rings is 1. The van der Waals surface area contributed by atoms with Crippen molar-refractivity contribution in [2.24, 2.45) is 5.41 Å². The highest BCUT2D eigenvalue weighted by atomic mass is 35.5. The van der Waals surface area contributed by atoms with E-state index in [2.05, 4.69) is 28.5 Å². The van der Waals surface area contributed by atoms with Gasteiger partial charge in [-0.2, -0.15) is 4.39 Å². The van der Waals surface area contributed by atoms with Crippen molar-refractivity contribution in [2.75, 3.05) is 49.5 Å². The summed E-state index contributed by atoms with van der Waals surface area (Å²) < 4.78 is 62.4. The Labute approximate surface area is 210 Å². The van der Waals surface area contributed by atoms with Gasteiger partial charge in [0.1, 0.15) is 21.3 Å². The van der Waals surface area contributed by atoms with Gasteiger partial charge in [-0.05, 0) is 55.5 Å². The standard InChI is InChI=1S/C24H31ClF2N4O3S/c1-16-12-17(31-14-24(15-31,34-4)9-11-30-10-8-23(2,3)13-30)20(25)21(27)22(16)35(32,33)29-19-7-5-6-18(26)28-19/h5-7,12H,8-11,13-15H2,1-4H3,(H,28,29). The zero-order chi connectivity index (χ0) is 25.6. The molecule has 0 radical (unpaired) electrons. The number of anilines is 2. The summed E-state index contributed by atoms with van der Waals surface area (Å²) in [4.78, 5) is 7.23. The quantitative estimate of drug-likeness (QED) is 0.510. The molecule has 0 bridgehead atoms. The normalized spacial score (nSPS) is 19.6. The molecule has 35 heavy (non-hydrogen) atoms. The molecule has 0 unspecified atom stereocenters. The zero-order valence-corrected chi connectivity index (χ0v) is 21.9. The predicted molar refractivity (Wildman–Crippen MR) is 133 cm³/mol. The number of halogens is 3. The molecule has 1 aromatic heterocycles. The number of nitrogens with zero attached hydrogens (tertiary/aromatic N) is 3. The molecular weight excluding hydrogens is 498 g/mol. The van der Waals surface area contributed by atoms with Crippen molar-refractivity contribution in [1.29, 1.82) is 0 Å². The number of nitrogens with one attached hydrogen (secondary N) is 1. The maximum absolute atomic E-state index is 15.3. The average Bonchev–Trinajstić information content (AvgIpc) is 3.09. The molecule has 0 aliphatic carbocycles. The number of pyridine rings is 1. The largest absolute Gasteiger partial charge is 0.374 e. The number of rotatable bonds is 8. The minimum absolute atomic E-state index is 0.181. The molecule has 0 amide bonds. The van der Waals surface area contributed by atoms with Crippen LogP contribution in [0.4, 0.5) is 20.3 Å². The van der Waals surface area contributed by atoms with Crippen LogP contribution in [0.1, 0.15) is 32.3 Å². The Morgan fingerprint density at radius 1 is 1.23 bits per heavy atom. The topological polar surface area (TPSA) is 74.8 Å². The maximum atomic E-state index is 15.3. The summed E-state index contributed by atoms with van der Waals surface area (Å²) in [5.74, 6) is -2.17. The number of methoxy groups -OCH3 is 1. The molecule has 1 aromatic carbocycles. The van der Waals surface area contributed by atoms with Crippen LogP contribution in [-0.2, 0) is 14.8 Å². The second kappa shape index (κ2) is 9.46. The number of sulfonamides is 1. The van der Waals surface area contributed by atoms with Crippen molar-refractivity contribution >= 4 is 33.1 Å². The van der Waals surface area contributed by atoms with Gasteiger partial charge in [0.2, 0.25) is 5.95 Å². The fraction of sp³-hybridized carbons (Fsp3) is 0.542. The smallest absolute Gasteiger partial charge is 0.266 e. The van der Waals surface area contributed by atoms with Crippen molar-refractivity contribution in [1.82, 2.24) is 9.88 Å². The van der Waals surface area contributed by atoms with E-state index in [1.807, 2.05) is 4.90 Å². The first-order valence-electron chi connectivity index (χ1n) is 11.5. The predicted octanol–water partition coefficient (Wildman–Crippen LogP) is 4.45. The first kappa shape index (κ1) is 26.1. The van der Waals surface area contributed by atoms with E-state index in [9.17, 15) is 12.8 Å². The Morgan fingerprint density at radius 3 is 2.54 bits per heavy atom. The van der Waals surface area contributed by atoms with Gasteiger partial charge in [-0.15, -0.1) is 0 Å². The lowest BCUT2D eigenvalue weighted by molar-refractivity contribution is -0.0444. The molecule has 4 rings (SSSR count). The molecule has 2 fully saturated rings. The number of likely N-dealkylation sites (tertiary alicyclic amines) is 1. The Kier molecular flexibility index (Phi) is 7.04. The van der Waals surface area contributed by atoms with Crippen LogP contribution >= 0.6 is 11.6 Å². The summed E-state index contributed by atoms with van der Waals surface area (Å²) in [5, 5.41) is -0.283. The van der Waals surface area contributed by atoms with Crippen LogP contribution in [0, 0.1) is 24.1 Å². The molecule has 3 heterocycles. The first-order chi connectivity index (χ1) is 16.3. The fourth-order valence-electron chi connectivity index (χ4n) is 4.92. The van der Waals surface area contributed by atoms with Gasteiger partial charge in [-0.1, -0.05) is 31.5 Å². The third-order valence-corrected chi connectivity index (χ3v) is 8.80. The Balaban J connectivity index is 1.49. The van der Waals surface area contributed by atoms with E-state index < -0.39 is 26.7 Å². The van der Waals surface area contributed by atoms with Crippen molar-refractivity contribution < 1.29 is 21.9 Å². The van der Waals surface area contributed by atoms with Crippen molar-refractivity contribution in [2.45, 2.75) is 44.1 Å². The molecule has 1 N–H and O–H groups in total. The Bertz CT molecular complexity index is 1220. The van der Waals surface area contributed by atoms with Gasteiger partial charge in [-0.25, -0.2) is 17.8 Å². The van der Waals surface area contributed by atoms with Crippen LogP contribution in [0.2, 0.25) is 5.02 Å². The van der Waals surface area contributed by atoms with Crippen LogP contribution in [0.5, 0.6) is 0 Å². The lowest BCUT2D eigenvalue weighted by Gasteiger charge is -2.51. The number of hydrogen-bond donors (Lipinski definition) is 1. The Hall–Kier alpha value is -2.01. The molecule has 0 atom stereocenters. The molecule has 2 saturated heterocycles. The average molecular weight is 529 g/mol. The summed E-state index contributed by atoms with van der Waals surface area (Å²) in [5.41, 5.74) is 0.561. The second-order valence-corrected chi connectivity index (χ2v) is 12.3. The summed E-state index contributed by atoms with van der Waals surface area (Å²) in [6.07, 6.45) is 2.01. The van der Waals surface area contributed by atoms with E-state index in [4.69, 9.17) is 16.3 Å². The molecule has 2 aliphatic rings. The number of hydrogen-bond acceptors (Lipinski definition) is 6. The molecule has 0 saturated carbocycles. The van der Waals surface area contributed by atoms with E-state index in [1.165, 1.54) is 25.5 Å². The van der Waals surface area contributed by atoms with Crippen LogP contribution < -0.4 is 9.62 Å². The van der Waals surface area contributed by atoms with Gasteiger partial charge >= 0.3 is 0 Å². The highest BCUT2D eigenvalue weighted by Gasteiger charge is 2.45. The molecular formula is C24H31ClF2N4O3S. The third kappa shape index (κ3) is 5.40. The maximum Gasteiger partial charge on any atom is 0.266 e. The lowest BCUT2D eigenvalue weighted by Crippen LogP contribution is -2.64. The van der Waals surface area contributed by atoms with Crippen LogP contribution in [0.15, 0.2) is 29.2 Å². The Morgan fingerprint density at radius 2 is 1.94 bits per heavy atom. The van der Waals surface area contributed by atoms with E-state index in [0.29, 0.717) is 24.2 Å². The zero-order valence-electron chi connectivity index (χ0n) is 20.4. The van der Waals surface area contributed by atoms with Gasteiger partial charge in [0.05, 0.1) is 5.69 Å². The SMILES string of the molecule is COC1(CCN2CCC(C)(C)C2)CN(c2cc(C)c(S(=O)(=O)Nc3cccc(F)n3)c(F)c2Cl)C1. The molecule has 7 nitrogen and oxygen atoms in total. The van der Waals surface area contributed by atoms with Gasteiger partial charge in [0, 0.05) is 33.3 Å².